The van der Waals surface area contributed by atoms with Crippen molar-refractivity contribution < 1.29 is 4.42 Å². The Bertz CT molecular complexity index is 4230. The van der Waals surface area contributed by atoms with E-state index in [-0.39, 0.29) is 0 Å². The number of fused-ring (bicyclic) bond motifs is 10. The van der Waals surface area contributed by atoms with Gasteiger partial charge in [-0.05, 0) is 162 Å². The maximum atomic E-state index is 6.15. The maximum Gasteiger partial charge on any atom is 0.227 e. The first kappa shape index (κ1) is 40.9. The molecule has 0 unspecified atom stereocenters. The Morgan fingerprint density at radius 3 is 1.18 bits per heavy atom. The van der Waals surface area contributed by atoms with E-state index in [0.29, 0.717) is 5.89 Å². The van der Waals surface area contributed by atoms with Gasteiger partial charge in [0.05, 0.1) is 0 Å². The number of rotatable bonds is 8. The Morgan fingerprint density at radius 2 is 0.648 bits per heavy atom. The number of thiophene rings is 1. The molecule has 2 aromatic heterocycles. The second kappa shape index (κ2) is 16.8. The van der Waals surface area contributed by atoms with Crippen molar-refractivity contribution in [2.45, 2.75) is 0 Å². The Hall–Kier alpha value is -9.09. The monoisotopic (exact) mass is 922 g/mol. The smallest absolute Gasteiger partial charge is 0.227 e. The van der Waals surface area contributed by atoms with E-state index in [9.17, 15) is 0 Å². The second-order valence-corrected chi connectivity index (χ2v) is 19.4. The van der Waals surface area contributed by atoms with Gasteiger partial charge in [0, 0.05) is 42.8 Å². The summed E-state index contributed by atoms with van der Waals surface area (Å²) in [5.41, 5.74) is 15.2. The van der Waals surface area contributed by atoms with E-state index < -0.39 is 0 Å². The largest absolute Gasteiger partial charge is 0.436 e. The van der Waals surface area contributed by atoms with Crippen molar-refractivity contribution in [1.29, 1.82) is 0 Å². The molecule has 0 aliphatic rings. The molecule has 0 aliphatic heterocycles. The standard InChI is InChI=1S/C67H42N2OS/c1-2-11-57-55(9-1)56-10-3-4-12-58(56)61-41-50(31-39-59(57)61)47-21-17-43(18-22-47)45-25-33-52(34-26-45)69(54-37-29-49(30-38-54)67-68-63-14-6-7-15-64(63)70-67)53-35-27-46(28-36-53)44-19-23-48(24-20-44)51-32-40-66-62(42-51)60-13-5-8-16-65(60)71-66/h1-42H. The molecule has 0 saturated carbocycles. The second-order valence-electron chi connectivity index (χ2n) is 18.3. The number of hydrogen-bond acceptors (Lipinski definition) is 4. The van der Waals surface area contributed by atoms with Crippen LogP contribution in [0.1, 0.15) is 0 Å². The van der Waals surface area contributed by atoms with Crippen LogP contribution >= 0.6 is 11.3 Å². The van der Waals surface area contributed by atoms with Crippen LogP contribution in [0.4, 0.5) is 17.1 Å². The first-order valence-electron chi connectivity index (χ1n) is 24.1. The van der Waals surface area contributed by atoms with Gasteiger partial charge in [-0.2, -0.15) is 0 Å². The Morgan fingerprint density at radius 1 is 0.282 bits per heavy atom. The number of oxazole rings is 1. The van der Waals surface area contributed by atoms with E-state index in [1.165, 1.54) is 85.9 Å². The van der Waals surface area contributed by atoms with Crippen molar-refractivity contribution in [3.05, 3.63) is 255 Å². The van der Waals surface area contributed by atoms with Gasteiger partial charge in [0.1, 0.15) is 5.52 Å². The molecule has 0 atom stereocenters. The highest BCUT2D eigenvalue weighted by Crippen LogP contribution is 2.41. The third kappa shape index (κ3) is 7.24. The summed E-state index contributed by atoms with van der Waals surface area (Å²) in [5, 5.41) is 10.4. The van der Waals surface area contributed by atoms with Crippen LogP contribution in [0.5, 0.6) is 0 Å². The average Bonchev–Trinajstić information content (AvgIpc) is 4.06. The van der Waals surface area contributed by atoms with Crippen LogP contribution in [-0.2, 0) is 0 Å². The molecule has 14 rings (SSSR count). The minimum absolute atomic E-state index is 0.610. The van der Waals surface area contributed by atoms with Crippen molar-refractivity contribution in [2.24, 2.45) is 0 Å². The van der Waals surface area contributed by atoms with Crippen molar-refractivity contribution in [3.8, 4) is 56.0 Å². The lowest BCUT2D eigenvalue weighted by molar-refractivity contribution is 0.620. The van der Waals surface area contributed by atoms with Crippen LogP contribution in [0.15, 0.2) is 259 Å². The van der Waals surface area contributed by atoms with Gasteiger partial charge >= 0.3 is 0 Å². The number of para-hydroxylation sites is 2. The van der Waals surface area contributed by atoms with Crippen LogP contribution in [0.25, 0.3) is 120 Å². The van der Waals surface area contributed by atoms with Gasteiger partial charge in [-0.1, -0.05) is 170 Å². The number of benzene rings is 12. The predicted molar refractivity (Wildman–Crippen MR) is 301 cm³/mol. The molecule has 4 heteroatoms. The van der Waals surface area contributed by atoms with Gasteiger partial charge in [-0.15, -0.1) is 11.3 Å². The predicted octanol–water partition coefficient (Wildman–Crippen LogP) is 19.5. The van der Waals surface area contributed by atoms with Crippen LogP contribution in [-0.4, -0.2) is 4.98 Å². The Balaban J connectivity index is 0.767. The van der Waals surface area contributed by atoms with E-state index >= 15 is 0 Å². The zero-order chi connectivity index (χ0) is 46.8. The van der Waals surface area contributed by atoms with Gasteiger partial charge in [-0.25, -0.2) is 4.98 Å². The summed E-state index contributed by atoms with van der Waals surface area (Å²) in [5.74, 6) is 0.610. The molecule has 0 fully saturated rings. The summed E-state index contributed by atoms with van der Waals surface area (Å²) in [6.45, 7) is 0. The normalized spacial score (nSPS) is 11.7. The van der Waals surface area contributed by atoms with Gasteiger partial charge in [0.25, 0.3) is 0 Å². The molecule has 0 radical (unpaired) electrons. The van der Waals surface area contributed by atoms with Gasteiger partial charge in [0.15, 0.2) is 5.58 Å². The molecule has 0 N–H and O–H groups in total. The molecule has 71 heavy (non-hydrogen) atoms. The molecule has 0 aliphatic carbocycles. The fraction of sp³-hybridized carbons (Fsp3) is 0. The highest BCUT2D eigenvalue weighted by Gasteiger charge is 2.17. The first-order chi connectivity index (χ1) is 35.1. The summed E-state index contributed by atoms with van der Waals surface area (Å²) >= 11 is 1.86. The molecule has 2 heterocycles. The Labute approximate surface area is 414 Å². The van der Waals surface area contributed by atoms with Crippen LogP contribution in [0.3, 0.4) is 0 Å². The molecule has 0 amide bonds. The van der Waals surface area contributed by atoms with Crippen molar-refractivity contribution in [1.82, 2.24) is 4.98 Å². The summed E-state index contributed by atoms with van der Waals surface area (Å²) < 4.78 is 8.80. The molecule has 14 aromatic rings. The average molecular weight is 923 g/mol. The maximum absolute atomic E-state index is 6.15. The number of anilines is 3. The van der Waals surface area contributed by atoms with E-state index in [0.717, 1.165) is 44.9 Å². The van der Waals surface area contributed by atoms with E-state index in [4.69, 9.17) is 9.40 Å². The van der Waals surface area contributed by atoms with Crippen molar-refractivity contribution >= 4 is 92.0 Å². The lowest BCUT2D eigenvalue weighted by Gasteiger charge is -2.26. The van der Waals surface area contributed by atoms with Gasteiger partial charge in [-0.3, -0.25) is 0 Å². The lowest BCUT2D eigenvalue weighted by Crippen LogP contribution is -2.09. The minimum atomic E-state index is 0.610. The first-order valence-corrected chi connectivity index (χ1v) is 24.9. The summed E-state index contributed by atoms with van der Waals surface area (Å²) in [6.07, 6.45) is 0. The van der Waals surface area contributed by atoms with E-state index in [1.54, 1.807) is 0 Å². The molecule has 0 spiro atoms. The lowest BCUT2D eigenvalue weighted by atomic mass is 9.92. The summed E-state index contributed by atoms with van der Waals surface area (Å²) in [4.78, 5) is 7.08. The molecular formula is C67H42N2OS. The summed E-state index contributed by atoms with van der Waals surface area (Å²) in [7, 11) is 0. The number of nitrogens with zero attached hydrogens (tertiary/aromatic N) is 2. The fourth-order valence-corrected chi connectivity index (χ4v) is 11.6. The highest BCUT2D eigenvalue weighted by molar-refractivity contribution is 7.25. The van der Waals surface area contributed by atoms with Crippen LogP contribution < -0.4 is 4.90 Å². The van der Waals surface area contributed by atoms with E-state index in [1.807, 2.05) is 35.6 Å². The fourth-order valence-electron chi connectivity index (χ4n) is 10.5. The van der Waals surface area contributed by atoms with Gasteiger partial charge in [0.2, 0.25) is 5.89 Å². The quantitative estimate of drug-likeness (QED) is 0.142. The number of aromatic nitrogens is 1. The van der Waals surface area contributed by atoms with E-state index in [2.05, 4.69) is 235 Å². The molecule has 3 nitrogen and oxygen atoms in total. The topological polar surface area (TPSA) is 29.3 Å². The van der Waals surface area contributed by atoms with Gasteiger partial charge < -0.3 is 9.32 Å². The third-order valence-corrected chi connectivity index (χ3v) is 15.3. The summed E-state index contributed by atoms with van der Waals surface area (Å²) in [6, 6.07) is 92.1. The highest BCUT2D eigenvalue weighted by atomic mass is 32.1. The minimum Gasteiger partial charge on any atom is -0.436 e. The van der Waals surface area contributed by atoms with Crippen molar-refractivity contribution in [3.63, 3.8) is 0 Å². The van der Waals surface area contributed by atoms with Crippen LogP contribution in [0.2, 0.25) is 0 Å². The molecule has 12 aromatic carbocycles. The zero-order valence-corrected chi connectivity index (χ0v) is 39.3. The third-order valence-electron chi connectivity index (χ3n) is 14.1. The SMILES string of the molecule is c1ccc2oc(-c3ccc(N(c4ccc(-c5ccc(-c6ccc7sc8ccccc8c7c6)cc5)cc4)c4ccc(-c5ccc(-c6ccc7c8ccccc8c8ccccc8c7c6)cc5)cc4)cc3)nc2c1. The molecular weight excluding hydrogens is 881 g/mol. The Kier molecular flexibility index (Phi) is 9.71. The molecule has 332 valence electrons. The number of hydrogen-bond donors (Lipinski definition) is 0. The molecule has 0 bridgehead atoms. The van der Waals surface area contributed by atoms with Crippen LogP contribution in [0, 0.1) is 0 Å². The van der Waals surface area contributed by atoms with Crippen molar-refractivity contribution in [2.75, 3.05) is 4.90 Å². The zero-order valence-electron chi connectivity index (χ0n) is 38.5. The molecule has 0 saturated heterocycles.